The average molecular weight is 200 g/mol. The van der Waals surface area contributed by atoms with E-state index in [0.29, 0.717) is 19.8 Å². The quantitative estimate of drug-likeness (QED) is 0.627. The Hall–Kier alpha value is -0.610. The van der Waals surface area contributed by atoms with Gasteiger partial charge in [-0.3, -0.25) is 4.79 Å². The number of ether oxygens (including phenoxy) is 1. The molecule has 1 amide bonds. The van der Waals surface area contributed by atoms with E-state index in [9.17, 15) is 4.79 Å². The predicted molar refractivity (Wildman–Crippen MR) is 55.1 cm³/mol. The van der Waals surface area contributed by atoms with Crippen LogP contribution in [0.5, 0.6) is 0 Å². The Labute approximate surface area is 85.4 Å². The molecule has 0 spiro atoms. The molecule has 14 heavy (non-hydrogen) atoms. The molecule has 0 aromatic heterocycles. The fraction of sp³-hybridized carbons (Fsp3) is 0.900. The molecule has 4 heteroatoms. The van der Waals surface area contributed by atoms with Gasteiger partial charge in [-0.05, 0) is 26.3 Å². The lowest BCUT2D eigenvalue weighted by molar-refractivity contribution is -0.123. The van der Waals surface area contributed by atoms with Gasteiger partial charge in [-0.15, -0.1) is 0 Å². The van der Waals surface area contributed by atoms with E-state index in [4.69, 9.17) is 4.74 Å². The fourth-order valence-electron chi connectivity index (χ4n) is 1.59. The van der Waals surface area contributed by atoms with Crippen molar-refractivity contribution in [3.63, 3.8) is 0 Å². The van der Waals surface area contributed by atoms with Gasteiger partial charge >= 0.3 is 0 Å². The largest absolute Gasteiger partial charge is 0.380 e. The molecule has 82 valence electrons. The lowest BCUT2D eigenvalue weighted by Gasteiger charge is -2.22. The molecular formula is C10H20N2O2. The standard InChI is InChI=1S/C10H20N2O2/c1-2-14-8-7-12-10(13)9-5-3-4-6-11-9/h9,11H,2-8H2,1H3,(H,12,13)/t9-/m1/s1. The summed E-state index contributed by atoms with van der Waals surface area (Å²) < 4.78 is 5.14. The Morgan fingerprint density at radius 1 is 1.57 bits per heavy atom. The molecule has 1 rings (SSSR count). The van der Waals surface area contributed by atoms with Crippen LogP contribution in [-0.4, -0.2) is 38.3 Å². The van der Waals surface area contributed by atoms with Crippen molar-refractivity contribution in [1.82, 2.24) is 10.6 Å². The van der Waals surface area contributed by atoms with Gasteiger partial charge < -0.3 is 15.4 Å². The lowest BCUT2D eigenvalue weighted by Crippen LogP contribution is -2.47. The third kappa shape index (κ3) is 4.07. The summed E-state index contributed by atoms with van der Waals surface area (Å²) >= 11 is 0. The first-order valence-corrected chi connectivity index (χ1v) is 5.43. The van der Waals surface area contributed by atoms with Gasteiger partial charge in [0, 0.05) is 13.2 Å². The van der Waals surface area contributed by atoms with E-state index in [1.165, 1.54) is 6.42 Å². The lowest BCUT2D eigenvalue weighted by atomic mass is 10.0. The number of carbonyl (C=O) groups excluding carboxylic acids is 1. The number of hydrogen-bond donors (Lipinski definition) is 2. The number of carbonyl (C=O) groups is 1. The van der Waals surface area contributed by atoms with Crippen molar-refractivity contribution in [2.75, 3.05) is 26.3 Å². The Bertz CT molecular complexity index is 168. The maximum absolute atomic E-state index is 11.5. The van der Waals surface area contributed by atoms with Gasteiger partial charge in [-0.25, -0.2) is 0 Å². The van der Waals surface area contributed by atoms with Crippen LogP contribution in [0.3, 0.4) is 0 Å². The highest BCUT2D eigenvalue weighted by molar-refractivity contribution is 5.81. The minimum Gasteiger partial charge on any atom is -0.380 e. The number of rotatable bonds is 5. The van der Waals surface area contributed by atoms with Gasteiger partial charge in [0.15, 0.2) is 0 Å². The van der Waals surface area contributed by atoms with E-state index in [1.807, 2.05) is 6.92 Å². The summed E-state index contributed by atoms with van der Waals surface area (Å²) in [5.41, 5.74) is 0. The molecule has 0 aliphatic carbocycles. The minimum absolute atomic E-state index is 0.0189. The third-order valence-electron chi connectivity index (χ3n) is 2.38. The summed E-state index contributed by atoms with van der Waals surface area (Å²) in [6.45, 7) is 4.84. The maximum atomic E-state index is 11.5. The summed E-state index contributed by atoms with van der Waals surface area (Å²) in [5.74, 6) is 0.115. The monoisotopic (exact) mass is 200 g/mol. The number of nitrogens with one attached hydrogen (secondary N) is 2. The van der Waals surface area contributed by atoms with Crippen LogP contribution in [-0.2, 0) is 9.53 Å². The molecule has 0 aromatic carbocycles. The molecule has 0 saturated carbocycles. The van der Waals surface area contributed by atoms with Gasteiger partial charge in [-0.2, -0.15) is 0 Å². The van der Waals surface area contributed by atoms with Crippen LogP contribution in [0.2, 0.25) is 0 Å². The van der Waals surface area contributed by atoms with Crippen molar-refractivity contribution in [2.45, 2.75) is 32.2 Å². The van der Waals surface area contributed by atoms with E-state index in [0.717, 1.165) is 19.4 Å². The van der Waals surface area contributed by atoms with E-state index < -0.39 is 0 Å². The van der Waals surface area contributed by atoms with Crippen LogP contribution in [0.15, 0.2) is 0 Å². The van der Waals surface area contributed by atoms with Gasteiger partial charge in [0.1, 0.15) is 0 Å². The highest BCUT2D eigenvalue weighted by atomic mass is 16.5. The van der Waals surface area contributed by atoms with Crippen molar-refractivity contribution in [3.05, 3.63) is 0 Å². The van der Waals surface area contributed by atoms with Crippen molar-refractivity contribution in [1.29, 1.82) is 0 Å². The summed E-state index contributed by atoms with van der Waals surface area (Å²) in [6, 6.07) is 0.0189. The van der Waals surface area contributed by atoms with Crippen LogP contribution in [0, 0.1) is 0 Å². The number of hydrogen-bond acceptors (Lipinski definition) is 3. The van der Waals surface area contributed by atoms with E-state index in [1.54, 1.807) is 0 Å². The topological polar surface area (TPSA) is 50.4 Å². The molecule has 0 radical (unpaired) electrons. The molecule has 0 bridgehead atoms. The first kappa shape index (κ1) is 11.5. The van der Waals surface area contributed by atoms with Gasteiger partial charge in [0.05, 0.1) is 12.6 Å². The Morgan fingerprint density at radius 3 is 3.07 bits per heavy atom. The zero-order chi connectivity index (χ0) is 10.2. The van der Waals surface area contributed by atoms with Crippen LogP contribution in [0.25, 0.3) is 0 Å². The van der Waals surface area contributed by atoms with Crippen molar-refractivity contribution >= 4 is 5.91 Å². The third-order valence-corrected chi connectivity index (χ3v) is 2.38. The first-order chi connectivity index (χ1) is 6.84. The molecule has 1 fully saturated rings. The first-order valence-electron chi connectivity index (χ1n) is 5.43. The summed E-state index contributed by atoms with van der Waals surface area (Å²) in [5, 5.41) is 6.07. The summed E-state index contributed by atoms with van der Waals surface area (Å²) in [6.07, 6.45) is 3.29. The van der Waals surface area contributed by atoms with Crippen LogP contribution in [0.4, 0.5) is 0 Å². The molecule has 0 unspecified atom stereocenters. The minimum atomic E-state index is 0.0189. The second-order valence-electron chi connectivity index (χ2n) is 3.49. The second-order valence-corrected chi connectivity index (χ2v) is 3.49. The Morgan fingerprint density at radius 2 is 2.43 bits per heavy atom. The zero-order valence-electron chi connectivity index (χ0n) is 8.84. The van der Waals surface area contributed by atoms with Crippen LogP contribution in [0.1, 0.15) is 26.2 Å². The van der Waals surface area contributed by atoms with E-state index >= 15 is 0 Å². The average Bonchev–Trinajstić information content (AvgIpc) is 2.25. The van der Waals surface area contributed by atoms with E-state index in [-0.39, 0.29) is 11.9 Å². The normalized spacial score (nSPS) is 21.9. The van der Waals surface area contributed by atoms with Crippen molar-refractivity contribution < 1.29 is 9.53 Å². The molecule has 1 aliphatic rings. The van der Waals surface area contributed by atoms with Crippen molar-refractivity contribution in [3.8, 4) is 0 Å². The fourth-order valence-corrected chi connectivity index (χ4v) is 1.59. The Kier molecular flexibility index (Phi) is 5.56. The maximum Gasteiger partial charge on any atom is 0.237 e. The zero-order valence-corrected chi connectivity index (χ0v) is 8.84. The smallest absolute Gasteiger partial charge is 0.237 e. The van der Waals surface area contributed by atoms with Gasteiger partial charge in [-0.1, -0.05) is 6.42 Å². The van der Waals surface area contributed by atoms with Gasteiger partial charge in [0.25, 0.3) is 0 Å². The highest BCUT2D eigenvalue weighted by Crippen LogP contribution is 2.06. The molecule has 2 N–H and O–H groups in total. The second kappa shape index (κ2) is 6.79. The molecule has 1 aliphatic heterocycles. The van der Waals surface area contributed by atoms with E-state index in [2.05, 4.69) is 10.6 Å². The molecule has 4 nitrogen and oxygen atoms in total. The number of amides is 1. The highest BCUT2D eigenvalue weighted by Gasteiger charge is 2.19. The van der Waals surface area contributed by atoms with Crippen molar-refractivity contribution in [2.24, 2.45) is 0 Å². The van der Waals surface area contributed by atoms with Gasteiger partial charge in [0.2, 0.25) is 5.91 Å². The Balaban J connectivity index is 2.07. The molecule has 1 heterocycles. The summed E-state index contributed by atoms with van der Waals surface area (Å²) in [7, 11) is 0. The van der Waals surface area contributed by atoms with Crippen LogP contribution >= 0.6 is 0 Å². The number of piperidine rings is 1. The SMILES string of the molecule is CCOCCNC(=O)[C@H]1CCCCN1. The molecule has 1 saturated heterocycles. The predicted octanol–water partition coefficient (Wildman–Crippen LogP) is 0.281. The molecule has 0 aromatic rings. The molecule has 1 atom stereocenters. The molecular weight excluding hydrogens is 180 g/mol. The summed E-state index contributed by atoms with van der Waals surface area (Å²) in [4.78, 5) is 11.5. The van der Waals surface area contributed by atoms with Crippen LogP contribution < -0.4 is 10.6 Å².